The highest BCUT2D eigenvalue weighted by Gasteiger charge is 2.57. The molecule has 1 saturated heterocycles. The third-order valence-electron chi connectivity index (χ3n) is 7.70. The maximum Gasteiger partial charge on any atom is 0.459 e. The maximum atomic E-state index is 15.9. The summed E-state index contributed by atoms with van der Waals surface area (Å²) in [5, 5.41) is 17.1. The first-order valence-electron chi connectivity index (χ1n) is 14.9. The van der Waals surface area contributed by atoms with Crippen molar-refractivity contribution in [2.45, 2.75) is 95.7 Å². The Kier molecular flexibility index (Phi) is 10.3. The highest BCUT2D eigenvalue weighted by molar-refractivity contribution is 7.52. The van der Waals surface area contributed by atoms with E-state index in [1.165, 1.54) is 17.8 Å². The van der Waals surface area contributed by atoms with Gasteiger partial charge in [0.05, 0.1) is 24.9 Å². The molecule has 0 bridgehead atoms. The van der Waals surface area contributed by atoms with E-state index in [2.05, 4.69) is 25.4 Å². The number of halogens is 2. The van der Waals surface area contributed by atoms with Gasteiger partial charge in [0.25, 0.3) is 0 Å². The average molecular weight is 669 g/mol. The van der Waals surface area contributed by atoms with Crippen LogP contribution in [-0.2, 0) is 23.4 Å². The number of aliphatic hydroxyl groups excluding tert-OH is 1. The van der Waals surface area contributed by atoms with Crippen LogP contribution in [0.25, 0.3) is 11.2 Å². The highest BCUT2D eigenvalue weighted by atomic mass is 35.5. The first-order chi connectivity index (χ1) is 21.4. The molecule has 3 N–H and O–H groups in total. The first-order valence-corrected chi connectivity index (χ1v) is 17.0. The van der Waals surface area contributed by atoms with Crippen LogP contribution < -0.4 is 14.9 Å². The Bertz CT molecular complexity index is 1530. The van der Waals surface area contributed by atoms with Crippen LogP contribution in [-0.4, -0.2) is 79.1 Å². The summed E-state index contributed by atoms with van der Waals surface area (Å²) in [6.07, 6.45) is 0.0389. The lowest BCUT2D eigenvalue weighted by atomic mass is 9.99. The molecule has 45 heavy (non-hydrogen) atoms. The van der Waals surface area contributed by atoms with Crippen molar-refractivity contribution in [2.24, 2.45) is 0 Å². The average Bonchev–Trinajstić information content (AvgIpc) is 3.72. The molecule has 13 nitrogen and oxygen atoms in total. The maximum absolute atomic E-state index is 15.9. The monoisotopic (exact) mass is 668 g/mol. The van der Waals surface area contributed by atoms with Crippen molar-refractivity contribution >= 4 is 42.3 Å². The third kappa shape index (κ3) is 7.42. The molecule has 246 valence electrons. The molecule has 1 aliphatic heterocycles. The van der Waals surface area contributed by atoms with Crippen molar-refractivity contribution in [1.29, 1.82) is 0 Å². The number of nitrogens with zero attached hydrogens (tertiary/aromatic N) is 4. The minimum atomic E-state index is -4.37. The molecule has 1 saturated carbocycles. The Labute approximate surface area is 265 Å². The summed E-state index contributed by atoms with van der Waals surface area (Å²) in [4.78, 5) is 26.0. The minimum absolute atomic E-state index is 0.175. The quantitative estimate of drug-likeness (QED) is 0.130. The molecule has 2 aliphatic rings. The van der Waals surface area contributed by atoms with E-state index in [4.69, 9.17) is 30.1 Å². The van der Waals surface area contributed by atoms with Crippen LogP contribution in [0, 0.1) is 6.92 Å². The molecule has 5 rings (SSSR count). The fourth-order valence-electron chi connectivity index (χ4n) is 5.40. The Hall–Kier alpha value is -2.87. The summed E-state index contributed by atoms with van der Waals surface area (Å²) >= 11 is 6.30. The fraction of sp³-hybridized carbons (Fsp3) is 0.586. The van der Waals surface area contributed by atoms with Gasteiger partial charge in [-0.25, -0.2) is 23.9 Å². The number of rotatable bonds is 13. The number of alkyl halides is 2. The fourth-order valence-corrected chi connectivity index (χ4v) is 7.25. The second kappa shape index (κ2) is 13.9. The number of fused-ring (bicyclic) bond motifs is 1. The van der Waals surface area contributed by atoms with Crippen molar-refractivity contribution < 1.29 is 37.4 Å². The van der Waals surface area contributed by atoms with Crippen LogP contribution in [0.4, 0.5) is 10.2 Å². The van der Waals surface area contributed by atoms with E-state index in [0.717, 1.165) is 25.7 Å². The van der Waals surface area contributed by atoms with E-state index in [0.29, 0.717) is 22.8 Å². The largest absolute Gasteiger partial charge is 0.462 e. The molecule has 2 aromatic heterocycles. The number of esters is 1. The van der Waals surface area contributed by atoms with E-state index in [1.807, 2.05) is 0 Å². The van der Waals surface area contributed by atoms with Crippen molar-refractivity contribution in [2.75, 3.05) is 17.8 Å². The number of para-hydroxylation sites is 1. The van der Waals surface area contributed by atoms with Crippen molar-refractivity contribution in [3.8, 4) is 5.75 Å². The van der Waals surface area contributed by atoms with Crippen LogP contribution >= 0.6 is 19.3 Å². The molecule has 16 heteroatoms. The van der Waals surface area contributed by atoms with Crippen molar-refractivity contribution in [3.63, 3.8) is 0 Å². The lowest BCUT2D eigenvalue weighted by molar-refractivity contribution is -0.149. The molecule has 2 fully saturated rings. The summed E-state index contributed by atoms with van der Waals surface area (Å²) in [7, 11) is -4.37. The van der Waals surface area contributed by atoms with Crippen molar-refractivity contribution in [3.05, 3.63) is 42.5 Å². The van der Waals surface area contributed by atoms with Gasteiger partial charge >= 0.3 is 13.7 Å². The van der Waals surface area contributed by atoms with Gasteiger partial charge in [-0.15, -0.1) is 11.6 Å². The molecule has 6 atom stereocenters. The molecule has 0 radical (unpaired) electrons. The number of carbonyl (C=O) groups is 1. The van der Waals surface area contributed by atoms with Gasteiger partial charge in [0.2, 0.25) is 0 Å². The predicted molar refractivity (Wildman–Crippen MR) is 165 cm³/mol. The van der Waals surface area contributed by atoms with Crippen molar-refractivity contribution in [1.82, 2.24) is 24.6 Å². The number of aryl methyl sites for hydroxylation is 1. The van der Waals surface area contributed by atoms with Gasteiger partial charge in [0.1, 0.15) is 29.3 Å². The number of aromatic nitrogens is 4. The van der Waals surface area contributed by atoms with Crippen LogP contribution in [0.5, 0.6) is 5.75 Å². The van der Waals surface area contributed by atoms with E-state index in [-0.39, 0.29) is 11.8 Å². The highest BCUT2D eigenvalue weighted by Crippen LogP contribution is 2.49. The third-order valence-corrected chi connectivity index (χ3v) is 9.78. The molecule has 1 unspecified atom stereocenters. The zero-order valence-corrected chi connectivity index (χ0v) is 27.2. The first kappa shape index (κ1) is 33.5. The molecule has 3 heterocycles. The van der Waals surface area contributed by atoms with Gasteiger partial charge in [0.15, 0.2) is 29.4 Å². The van der Waals surface area contributed by atoms with Gasteiger partial charge in [-0.1, -0.05) is 31.0 Å². The number of hydrogen-bond acceptors (Lipinski definition) is 11. The summed E-state index contributed by atoms with van der Waals surface area (Å²) in [6, 6.07) is 7.29. The summed E-state index contributed by atoms with van der Waals surface area (Å²) in [5.41, 5.74) is -1.12. The van der Waals surface area contributed by atoms with E-state index < -0.39 is 62.5 Å². The predicted octanol–water partition coefficient (Wildman–Crippen LogP) is 4.83. The lowest BCUT2D eigenvalue weighted by Gasteiger charge is -2.31. The number of benzene rings is 1. The van der Waals surface area contributed by atoms with Crippen LogP contribution in [0.3, 0.4) is 0 Å². The Balaban J connectivity index is 1.39. The van der Waals surface area contributed by atoms with E-state index in [1.54, 1.807) is 51.1 Å². The van der Waals surface area contributed by atoms with Gasteiger partial charge in [-0.3, -0.25) is 13.9 Å². The SMILES string of the molecule is Cc1nc(NC2CCCC2)c2ncn([C@@H]3O[C@](CCl)(COP(=O)(N[C@@H](C)C(=O)OC(C)C)Oc4ccccc4)[C@@H](O)[C@@H]3F)c2n1. The second-order valence-corrected chi connectivity index (χ2v) is 13.6. The van der Waals surface area contributed by atoms with Gasteiger partial charge < -0.3 is 24.4 Å². The zero-order chi connectivity index (χ0) is 32.4. The molecule has 0 spiro atoms. The topological polar surface area (TPSA) is 159 Å². The van der Waals surface area contributed by atoms with Crippen LogP contribution in [0.15, 0.2) is 36.7 Å². The second-order valence-electron chi connectivity index (χ2n) is 11.7. The molecular weight excluding hydrogens is 630 g/mol. The van der Waals surface area contributed by atoms with Crippen LogP contribution in [0.1, 0.15) is 58.5 Å². The summed E-state index contributed by atoms with van der Waals surface area (Å²) < 4.78 is 54.0. The number of anilines is 1. The number of nitrogens with one attached hydrogen (secondary N) is 2. The summed E-state index contributed by atoms with van der Waals surface area (Å²) in [5.74, 6) is 0.0368. The number of aliphatic hydroxyl groups is 1. The number of hydrogen-bond donors (Lipinski definition) is 3. The normalized spacial score (nSPS) is 25.8. The van der Waals surface area contributed by atoms with Gasteiger partial charge in [-0.2, -0.15) is 5.09 Å². The molecular formula is C29H39ClFN6O7P. The van der Waals surface area contributed by atoms with E-state index in [9.17, 15) is 14.5 Å². The molecule has 3 aromatic rings. The Morgan fingerprint density at radius 2 is 1.96 bits per heavy atom. The number of ether oxygens (including phenoxy) is 2. The lowest BCUT2D eigenvalue weighted by Crippen LogP contribution is -2.48. The summed E-state index contributed by atoms with van der Waals surface area (Å²) in [6.45, 7) is 5.85. The molecule has 1 aromatic carbocycles. The van der Waals surface area contributed by atoms with Gasteiger partial charge in [0, 0.05) is 6.04 Å². The smallest absolute Gasteiger partial charge is 0.459 e. The zero-order valence-electron chi connectivity index (χ0n) is 25.6. The van der Waals surface area contributed by atoms with E-state index >= 15 is 4.39 Å². The number of carbonyl (C=O) groups excluding carboxylic acids is 1. The van der Waals surface area contributed by atoms with Crippen LogP contribution in [0.2, 0.25) is 0 Å². The molecule has 1 aliphatic carbocycles. The standard InChI is InChI=1S/C29H39ClFN6O7P/c1-17(2)42-28(39)18(3)36-45(40,44-21-12-6-5-7-13-21)41-15-29(14-30)24(38)22(31)27(43-29)37-16-32-23-25(33-19(4)34-26(23)37)35-20-10-8-9-11-20/h5-7,12-13,16-18,20,22,24,27,38H,8-11,14-15H2,1-4H3,(H,36,40)(H,33,34,35)/t18-,22-,24-,27+,29+,45?/m0/s1. The number of imidazole rings is 1. The van der Waals surface area contributed by atoms with Gasteiger partial charge in [-0.05, 0) is 52.7 Å². The Morgan fingerprint density at radius 3 is 2.62 bits per heavy atom. The molecule has 0 amide bonds. The minimum Gasteiger partial charge on any atom is -0.462 e. The Morgan fingerprint density at radius 1 is 1.24 bits per heavy atom.